The van der Waals surface area contributed by atoms with Gasteiger partial charge in [0.05, 0.1) is 17.3 Å². The predicted molar refractivity (Wildman–Crippen MR) is 124 cm³/mol. The molecule has 166 valence electrons. The van der Waals surface area contributed by atoms with E-state index < -0.39 is 0 Å². The van der Waals surface area contributed by atoms with Crippen LogP contribution in [0.5, 0.6) is 0 Å². The fourth-order valence-electron chi connectivity index (χ4n) is 3.41. The second kappa shape index (κ2) is 8.57. The molecule has 2 heterocycles. The van der Waals surface area contributed by atoms with Crippen molar-refractivity contribution in [2.24, 2.45) is 5.92 Å². The maximum absolute atomic E-state index is 12.5. The Bertz CT molecular complexity index is 1160. The molecule has 32 heavy (non-hydrogen) atoms. The highest BCUT2D eigenvalue weighted by atomic mass is 16.2. The van der Waals surface area contributed by atoms with Crippen molar-refractivity contribution in [1.82, 2.24) is 20.1 Å². The molecule has 0 unspecified atom stereocenters. The minimum atomic E-state index is -0.168. The summed E-state index contributed by atoms with van der Waals surface area (Å²) in [5.41, 5.74) is 4.52. The van der Waals surface area contributed by atoms with Gasteiger partial charge in [-0.2, -0.15) is 5.10 Å². The number of hydrogen-bond acceptors (Lipinski definition) is 4. The fourth-order valence-corrected chi connectivity index (χ4v) is 3.41. The number of rotatable bonds is 6. The van der Waals surface area contributed by atoms with Gasteiger partial charge in [-0.15, -0.1) is 0 Å². The van der Waals surface area contributed by atoms with E-state index in [0.717, 1.165) is 35.1 Å². The van der Waals surface area contributed by atoms with Gasteiger partial charge in [-0.25, -0.2) is 4.98 Å². The van der Waals surface area contributed by atoms with Crippen molar-refractivity contribution in [3.63, 3.8) is 0 Å². The highest BCUT2D eigenvalue weighted by Crippen LogP contribution is 2.30. The zero-order valence-electron chi connectivity index (χ0n) is 19.0. The lowest BCUT2D eigenvalue weighted by Crippen LogP contribution is -2.24. The average molecular weight is 432 g/mol. The van der Waals surface area contributed by atoms with Gasteiger partial charge in [0, 0.05) is 24.9 Å². The number of aromatic nitrogens is 3. The molecule has 2 N–H and O–H groups in total. The van der Waals surface area contributed by atoms with Gasteiger partial charge >= 0.3 is 0 Å². The number of pyridine rings is 1. The zero-order valence-corrected chi connectivity index (χ0v) is 19.0. The van der Waals surface area contributed by atoms with Gasteiger partial charge in [0.25, 0.3) is 5.91 Å². The summed E-state index contributed by atoms with van der Waals surface area (Å²) in [6, 6.07) is 9.94. The van der Waals surface area contributed by atoms with Gasteiger partial charge in [0.2, 0.25) is 5.91 Å². The van der Waals surface area contributed by atoms with E-state index in [4.69, 9.17) is 0 Å². The monoisotopic (exact) mass is 431 g/mol. The topological polar surface area (TPSA) is 88.9 Å². The Kier molecular flexibility index (Phi) is 5.82. The van der Waals surface area contributed by atoms with Gasteiger partial charge in [-0.3, -0.25) is 14.3 Å². The molecule has 7 heteroatoms. The summed E-state index contributed by atoms with van der Waals surface area (Å²) >= 11 is 0. The number of amides is 2. The summed E-state index contributed by atoms with van der Waals surface area (Å²) in [7, 11) is 0. The van der Waals surface area contributed by atoms with E-state index in [0.29, 0.717) is 17.9 Å². The molecule has 1 aliphatic carbocycles. The molecular weight excluding hydrogens is 402 g/mol. The first kappa shape index (κ1) is 21.7. The molecule has 7 nitrogen and oxygen atoms in total. The zero-order chi connectivity index (χ0) is 22.9. The van der Waals surface area contributed by atoms with Gasteiger partial charge in [0.15, 0.2) is 0 Å². The normalized spacial score (nSPS) is 13.6. The molecule has 0 spiro atoms. The standard InChI is InChI=1S/C25H29N5O2/c1-16-11-18(19-9-10-26-22(12-19)29-24(32)17-5-6-17)7-8-20(16)13-27-23(31)21-14-28-30(15-21)25(2,3)4/h7-12,14-15,17H,5-6,13H2,1-4H3,(H,27,31)(H,26,29,32). The maximum Gasteiger partial charge on any atom is 0.254 e. The molecule has 1 aliphatic rings. The van der Waals surface area contributed by atoms with Crippen LogP contribution in [0, 0.1) is 12.8 Å². The smallest absolute Gasteiger partial charge is 0.254 e. The van der Waals surface area contributed by atoms with Crippen LogP contribution in [-0.4, -0.2) is 26.6 Å². The summed E-state index contributed by atoms with van der Waals surface area (Å²) in [6.45, 7) is 8.59. The molecule has 1 saturated carbocycles. The number of benzene rings is 1. The van der Waals surface area contributed by atoms with Crippen molar-refractivity contribution in [3.05, 3.63) is 65.6 Å². The van der Waals surface area contributed by atoms with E-state index in [1.54, 1.807) is 23.3 Å². The number of anilines is 1. The van der Waals surface area contributed by atoms with Crippen LogP contribution < -0.4 is 10.6 Å². The number of hydrogen-bond donors (Lipinski definition) is 2. The van der Waals surface area contributed by atoms with Crippen LogP contribution in [0.4, 0.5) is 5.82 Å². The van der Waals surface area contributed by atoms with E-state index in [1.165, 1.54) is 0 Å². The van der Waals surface area contributed by atoms with Crippen LogP contribution in [0.2, 0.25) is 0 Å². The number of aryl methyl sites for hydroxylation is 1. The first-order valence-corrected chi connectivity index (χ1v) is 10.9. The molecule has 0 aliphatic heterocycles. The molecule has 4 rings (SSSR count). The fraction of sp³-hybridized carbons (Fsp3) is 0.360. The quantitative estimate of drug-likeness (QED) is 0.609. The van der Waals surface area contributed by atoms with Gasteiger partial charge < -0.3 is 10.6 Å². The summed E-state index contributed by atoms with van der Waals surface area (Å²) in [4.78, 5) is 28.8. The largest absolute Gasteiger partial charge is 0.348 e. The number of nitrogens with one attached hydrogen (secondary N) is 2. The van der Waals surface area contributed by atoms with Gasteiger partial charge in [-0.1, -0.05) is 18.2 Å². The Labute approximate surface area is 188 Å². The molecule has 0 atom stereocenters. The summed E-state index contributed by atoms with van der Waals surface area (Å²) < 4.78 is 1.79. The van der Waals surface area contributed by atoms with Crippen LogP contribution in [0.25, 0.3) is 11.1 Å². The molecule has 1 fully saturated rings. The van der Waals surface area contributed by atoms with Crippen molar-refractivity contribution in [1.29, 1.82) is 0 Å². The van der Waals surface area contributed by atoms with E-state index in [2.05, 4.69) is 26.8 Å². The van der Waals surface area contributed by atoms with Crippen LogP contribution >= 0.6 is 0 Å². The molecule has 0 bridgehead atoms. The van der Waals surface area contributed by atoms with Crippen LogP contribution in [0.1, 0.15) is 55.1 Å². The highest BCUT2D eigenvalue weighted by Gasteiger charge is 2.29. The molecule has 2 aromatic heterocycles. The van der Waals surface area contributed by atoms with Crippen molar-refractivity contribution in [2.45, 2.75) is 52.6 Å². The second-order valence-electron chi connectivity index (χ2n) is 9.36. The Balaban J connectivity index is 1.41. The predicted octanol–water partition coefficient (Wildman–Crippen LogP) is 4.29. The Morgan fingerprint density at radius 2 is 1.88 bits per heavy atom. The summed E-state index contributed by atoms with van der Waals surface area (Å²) in [5, 5.41) is 10.2. The molecule has 0 saturated heterocycles. The van der Waals surface area contributed by atoms with Crippen molar-refractivity contribution in [2.75, 3.05) is 5.32 Å². The minimum Gasteiger partial charge on any atom is -0.348 e. The average Bonchev–Trinajstić information content (AvgIpc) is 3.48. The lowest BCUT2D eigenvalue weighted by molar-refractivity contribution is -0.117. The second-order valence-corrected chi connectivity index (χ2v) is 9.36. The lowest BCUT2D eigenvalue weighted by atomic mass is 10.0. The third-order valence-corrected chi connectivity index (χ3v) is 5.61. The molecule has 2 amide bonds. The van der Waals surface area contributed by atoms with E-state index in [9.17, 15) is 9.59 Å². The van der Waals surface area contributed by atoms with Crippen molar-refractivity contribution >= 4 is 17.6 Å². The highest BCUT2D eigenvalue weighted by molar-refractivity contribution is 5.94. The lowest BCUT2D eigenvalue weighted by Gasteiger charge is -2.18. The molecule has 1 aromatic carbocycles. The van der Waals surface area contributed by atoms with Gasteiger partial charge in [-0.05, 0) is 74.9 Å². The van der Waals surface area contributed by atoms with Gasteiger partial charge in [0.1, 0.15) is 5.82 Å². The molecule has 3 aromatic rings. The third-order valence-electron chi connectivity index (χ3n) is 5.61. The van der Waals surface area contributed by atoms with E-state index >= 15 is 0 Å². The van der Waals surface area contributed by atoms with E-state index in [1.807, 2.05) is 52.0 Å². The SMILES string of the molecule is Cc1cc(-c2ccnc(NC(=O)C3CC3)c2)ccc1CNC(=O)c1cnn(C(C)(C)C)c1. The minimum absolute atomic E-state index is 0.0463. The number of nitrogens with zero attached hydrogens (tertiary/aromatic N) is 3. The Morgan fingerprint density at radius 1 is 1.12 bits per heavy atom. The first-order chi connectivity index (χ1) is 15.2. The summed E-state index contributed by atoms with van der Waals surface area (Å²) in [5.74, 6) is 0.614. The van der Waals surface area contributed by atoms with Crippen LogP contribution in [0.3, 0.4) is 0 Å². The van der Waals surface area contributed by atoms with Crippen molar-refractivity contribution in [3.8, 4) is 11.1 Å². The van der Waals surface area contributed by atoms with Crippen LogP contribution in [0.15, 0.2) is 48.9 Å². The van der Waals surface area contributed by atoms with E-state index in [-0.39, 0.29) is 23.3 Å². The third kappa shape index (κ3) is 5.04. The maximum atomic E-state index is 12.5. The molecular formula is C25H29N5O2. The Hall–Kier alpha value is -3.48. The molecule has 0 radical (unpaired) electrons. The number of carbonyl (C=O) groups excluding carboxylic acids is 2. The number of carbonyl (C=O) groups is 2. The van der Waals surface area contributed by atoms with Crippen LogP contribution in [-0.2, 0) is 16.9 Å². The first-order valence-electron chi connectivity index (χ1n) is 10.9. The van der Waals surface area contributed by atoms with Crippen molar-refractivity contribution < 1.29 is 9.59 Å². The summed E-state index contributed by atoms with van der Waals surface area (Å²) in [6.07, 6.45) is 7.00. The Morgan fingerprint density at radius 3 is 2.53 bits per heavy atom.